The third-order valence-corrected chi connectivity index (χ3v) is 10.5. The molecule has 0 aromatic carbocycles. The summed E-state index contributed by atoms with van der Waals surface area (Å²) in [5, 5.41) is 9.55. The van der Waals surface area contributed by atoms with Crippen LogP contribution in [-0.4, -0.2) is 36.4 Å². The van der Waals surface area contributed by atoms with Gasteiger partial charge in [-0.3, -0.25) is 9.59 Å². The number of aliphatic hydroxyl groups is 1. The van der Waals surface area contributed by atoms with Crippen molar-refractivity contribution in [1.82, 2.24) is 0 Å². The van der Waals surface area contributed by atoms with Crippen molar-refractivity contribution in [3.8, 4) is 0 Å². The van der Waals surface area contributed by atoms with E-state index in [0.717, 1.165) is 83.5 Å². The molecule has 59 heavy (non-hydrogen) atoms. The Labute approximate surface area is 365 Å². The van der Waals surface area contributed by atoms with E-state index >= 15 is 0 Å². The molecule has 0 aliphatic carbocycles. The van der Waals surface area contributed by atoms with E-state index in [1.165, 1.54) is 116 Å². The monoisotopic (exact) mass is 821 g/mol. The van der Waals surface area contributed by atoms with Crippen LogP contribution in [0.15, 0.2) is 85.1 Å². The number of carbonyl (C=O) groups is 2. The number of ether oxygens (including phenoxy) is 2. The van der Waals surface area contributed by atoms with Gasteiger partial charge in [-0.1, -0.05) is 227 Å². The molecule has 0 amide bonds. The van der Waals surface area contributed by atoms with Crippen LogP contribution in [0.3, 0.4) is 0 Å². The van der Waals surface area contributed by atoms with Gasteiger partial charge in [0.1, 0.15) is 6.61 Å². The first kappa shape index (κ1) is 56.1. The van der Waals surface area contributed by atoms with Crippen LogP contribution in [0.2, 0.25) is 0 Å². The van der Waals surface area contributed by atoms with Gasteiger partial charge in [-0.2, -0.15) is 0 Å². The summed E-state index contributed by atoms with van der Waals surface area (Å²) in [6.45, 7) is 3.99. The molecule has 0 aliphatic heterocycles. The minimum Gasteiger partial charge on any atom is -0.462 e. The molecule has 1 N–H and O–H groups in total. The maximum Gasteiger partial charge on any atom is 0.306 e. The molecule has 0 heterocycles. The average molecular weight is 821 g/mol. The number of aliphatic hydroxyl groups excluding tert-OH is 1. The van der Waals surface area contributed by atoms with Crippen molar-refractivity contribution in [1.29, 1.82) is 0 Å². The lowest BCUT2D eigenvalue weighted by molar-refractivity contribution is -0.161. The zero-order valence-electron chi connectivity index (χ0n) is 38.5. The fourth-order valence-corrected chi connectivity index (χ4v) is 6.77. The van der Waals surface area contributed by atoms with Crippen molar-refractivity contribution >= 4 is 11.9 Å². The Bertz CT molecular complexity index is 1110. The number of rotatable bonds is 44. The molecule has 338 valence electrons. The highest BCUT2D eigenvalue weighted by Gasteiger charge is 2.16. The van der Waals surface area contributed by atoms with Crippen molar-refractivity contribution in [3.05, 3.63) is 85.1 Å². The van der Waals surface area contributed by atoms with Crippen molar-refractivity contribution in [3.63, 3.8) is 0 Å². The Kier molecular flexibility index (Phi) is 47.0. The lowest BCUT2D eigenvalue weighted by atomic mass is 10.0. The van der Waals surface area contributed by atoms with E-state index in [4.69, 9.17) is 9.47 Å². The molecule has 5 nitrogen and oxygen atoms in total. The zero-order valence-corrected chi connectivity index (χ0v) is 38.5. The summed E-state index contributed by atoms with van der Waals surface area (Å²) in [6.07, 6.45) is 68.4. The predicted octanol–water partition coefficient (Wildman–Crippen LogP) is 16.2. The summed E-state index contributed by atoms with van der Waals surface area (Å²) in [5.74, 6) is -0.594. The normalized spacial score (nSPS) is 12.9. The lowest BCUT2D eigenvalue weighted by Crippen LogP contribution is -2.28. The van der Waals surface area contributed by atoms with Gasteiger partial charge in [0.15, 0.2) is 6.10 Å². The summed E-state index contributed by atoms with van der Waals surface area (Å²) in [7, 11) is 0. The zero-order chi connectivity index (χ0) is 42.8. The van der Waals surface area contributed by atoms with Crippen LogP contribution in [-0.2, 0) is 19.1 Å². The molecule has 0 aliphatic rings. The maximum atomic E-state index is 12.2. The van der Waals surface area contributed by atoms with Crippen LogP contribution in [0.4, 0.5) is 0 Å². The Balaban J connectivity index is 3.48. The van der Waals surface area contributed by atoms with E-state index < -0.39 is 6.10 Å². The van der Waals surface area contributed by atoms with Gasteiger partial charge in [-0.15, -0.1) is 0 Å². The molecule has 0 radical (unpaired) electrons. The number of unbranched alkanes of at least 4 members (excludes halogenated alkanes) is 22. The Morgan fingerprint density at radius 1 is 0.407 bits per heavy atom. The highest BCUT2D eigenvalue weighted by molar-refractivity contribution is 5.70. The molecule has 0 aromatic heterocycles. The van der Waals surface area contributed by atoms with E-state index in [1.807, 2.05) is 0 Å². The van der Waals surface area contributed by atoms with E-state index in [9.17, 15) is 14.7 Å². The number of hydrogen-bond acceptors (Lipinski definition) is 5. The molecule has 0 bridgehead atoms. The van der Waals surface area contributed by atoms with Gasteiger partial charge in [0.05, 0.1) is 6.61 Å². The van der Waals surface area contributed by atoms with E-state index in [0.29, 0.717) is 12.8 Å². The van der Waals surface area contributed by atoms with E-state index in [2.05, 4.69) is 98.9 Å². The van der Waals surface area contributed by atoms with Crippen LogP contribution >= 0.6 is 0 Å². The molecular formula is C54H92O5. The molecule has 5 heteroatoms. The van der Waals surface area contributed by atoms with E-state index in [1.54, 1.807) is 0 Å². The molecule has 0 fully saturated rings. The molecule has 0 saturated carbocycles. The molecule has 0 spiro atoms. The van der Waals surface area contributed by atoms with Crippen LogP contribution in [0, 0.1) is 0 Å². The van der Waals surface area contributed by atoms with Gasteiger partial charge in [-0.25, -0.2) is 0 Å². The maximum absolute atomic E-state index is 12.2. The molecule has 1 unspecified atom stereocenters. The second-order valence-corrected chi connectivity index (χ2v) is 16.2. The highest BCUT2D eigenvalue weighted by Crippen LogP contribution is 2.15. The Morgan fingerprint density at radius 3 is 1.10 bits per heavy atom. The largest absolute Gasteiger partial charge is 0.462 e. The molecular weight excluding hydrogens is 729 g/mol. The van der Waals surface area contributed by atoms with Crippen LogP contribution in [0.1, 0.15) is 226 Å². The highest BCUT2D eigenvalue weighted by atomic mass is 16.6. The number of esters is 2. The van der Waals surface area contributed by atoms with Crippen molar-refractivity contribution < 1.29 is 24.2 Å². The second kappa shape index (κ2) is 49.4. The van der Waals surface area contributed by atoms with Gasteiger partial charge in [0.25, 0.3) is 0 Å². The van der Waals surface area contributed by atoms with Crippen molar-refractivity contribution in [2.45, 2.75) is 232 Å². The van der Waals surface area contributed by atoms with Crippen molar-refractivity contribution in [2.75, 3.05) is 13.2 Å². The molecule has 0 saturated heterocycles. The first-order chi connectivity index (χ1) is 29.1. The Hall–Kier alpha value is -2.92. The van der Waals surface area contributed by atoms with Crippen molar-refractivity contribution in [2.24, 2.45) is 0 Å². The molecule has 0 rings (SSSR count). The summed E-state index contributed by atoms with van der Waals surface area (Å²) >= 11 is 0. The first-order valence-corrected chi connectivity index (χ1v) is 24.6. The number of carbonyl (C=O) groups excluding carboxylic acids is 2. The minimum atomic E-state index is -0.770. The topological polar surface area (TPSA) is 72.8 Å². The summed E-state index contributed by atoms with van der Waals surface area (Å²) < 4.78 is 10.6. The molecule has 1 atom stereocenters. The quantitative estimate of drug-likeness (QED) is 0.0376. The predicted molar refractivity (Wildman–Crippen MR) is 256 cm³/mol. The lowest BCUT2D eigenvalue weighted by Gasteiger charge is -2.15. The minimum absolute atomic E-state index is 0.0656. The third-order valence-electron chi connectivity index (χ3n) is 10.5. The fraction of sp³-hybridized carbons (Fsp3) is 0.704. The SMILES string of the molecule is CC/C=C\C/C=C\C/C=C\C/C=C\C/C=C\C/C=C\C/C=C\CCCCCCCCCCCCCCCCCC(=O)OC(CO)COC(=O)CCCCCCCCCC. The van der Waals surface area contributed by atoms with Gasteiger partial charge < -0.3 is 14.6 Å². The fourth-order valence-electron chi connectivity index (χ4n) is 6.77. The third kappa shape index (κ3) is 47.6. The van der Waals surface area contributed by atoms with Gasteiger partial charge >= 0.3 is 11.9 Å². The van der Waals surface area contributed by atoms with Gasteiger partial charge in [-0.05, 0) is 70.6 Å². The second-order valence-electron chi connectivity index (χ2n) is 16.2. The summed E-state index contributed by atoms with van der Waals surface area (Å²) in [6, 6.07) is 0. The van der Waals surface area contributed by atoms with Gasteiger partial charge in [0, 0.05) is 12.8 Å². The smallest absolute Gasteiger partial charge is 0.306 e. The number of hydrogen-bond donors (Lipinski definition) is 1. The van der Waals surface area contributed by atoms with Crippen LogP contribution in [0.25, 0.3) is 0 Å². The standard InChI is InChI=1S/C54H92O5/c1-3-5-7-9-11-13-14-15-16-17-18-19-20-21-22-23-24-25-26-27-28-29-30-31-32-33-34-35-36-37-38-39-40-41-43-45-47-49-54(57)59-52(50-55)51-58-53(56)48-46-44-42-12-10-8-6-4-2/h5,7,11,13,15-16,18-19,21-22,24-25,27-28,52,55H,3-4,6,8-10,12,14,17,20,23,26,29-51H2,1-2H3/b7-5-,13-11-,16-15-,19-18-,22-21-,25-24-,28-27-. The summed E-state index contributed by atoms with van der Waals surface area (Å²) in [5.41, 5.74) is 0. The van der Waals surface area contributed by atoms with Gasteiger partial charge in [0.2, 0.25) is 0 Å². The van der Waals surface area contributed by atoms with Crippen LogP contribution < -0.4 is 0 Å². The first-order valence-electron chi connectivity index (χ1n) is 24.6. The van der Waals surface area contributed by atoms with Crippen LogP contribution in [0.5, 0.6) is 0 Å². The molecule has 0 aromatic rings. The van der Waals surface area contributed by atoms with E-state index in [-0.39, 0.29) is 25.2 Å². The average Bonchev–Trinajstić information content (AvgIpc) is 3.24. The number of allylic oxidation sites excluding steroid dienone is 14. The Morgan fingerprint density at radius 2 is 0.729 bits per heavy atom. The summed E-state index contributed by atoms with van der Waals surface area (Å²) in [4.78, 5) is 24.2.